The Bertz CT molecular complexity index is 1030. The highest BCUT2D eigenvalue weighted by molar-refractivity contribution is 5.73. The first kappa shape index (κ1) is 45.7. The van der Waals surface area contributed by atoms with E-state index in [4.69, 9.17) is 5.73 Å². The molecule has 0 atom stereocenters. The molecular weight excluding hydrogens is 600 g/mol. The number of aliphatic hydroxyl groups excluding tert-OH is 4. The molecule has 0 saturated heterocycles. The maximum absolute atomic E-state index is 11.3. The van der Waals surface area contributed by atoms with Crippen molar-refractivity contribution in [3.63, 3.8) is 0 Å². The first-order valence-electron chi connectivity index (χ1n) is 18.4. The molecule has 0 fully saturated rings. The minimum Gasteiger partial charge on any atom is -0.394 e. The molecule has 7 N–H and O–H groups in total. The number of hydrogen-bond acceptors (Lipinski definition) is 6. The number of amides is 1. The van der Waals surface area contributed by atoms with Gasteiger partial charge in [0.15, 0.2) is 0 Å². The fraction of sp³-hybridized carbons (Fsp3) is 0.683. The molecule has 0 aliphatic rings. The molecule has 0 spiro atoms. The van der Waals surface area contributed by atoms with Crippen molar-refractivity contribution in [3.8, 4) is 0 Å². The highest BCUT2D eigenvalue weighted by Crippen LogP contribution is 2.17. The van der Waals surface area contributed by atoms with Crippen LogP contribution in [0.2, 0.25) is 0 Å². The van der Waals surface area contributed by atoms with Crippen molar-refractivity contribution in [2.75, 3.05) is 26.4 Å². The summed E-state index contributed by atoms with van der Waals surface area (Å²) in [5.41, 5.74) is 9.20. The third-order valence-electron chi connectivity index (χ3n) is 9.16. The number of aliphatic hydroxyl groups is 4. The van der Waals surface area contributed by atoms with Gasteiger partial charge in [-0.25, -0.2) is 0 Å². The predicted molar refractivity (Wildman–Crippen MR) is 202 cm³/mol. The van der Waals surface area contributed by atoms with Crippen LogP contribution in [0.25, 0.3) is 0 Å². The van der Waals surface area contributed by atoms with Gasteiger partial charge in [-0.1, -0.05) is 134 Å². The molecule has 48 heavy (non-hydrogen) atoms. The number of rotatable bonds is 25. The molecule has 0 bridgehead atoms. The molecule has 2 aromatic carbocycles. The summed E-state index contributed by atoms with van der Waals surface area (Å²) < 4.78 is 0. The fourth-order valence-electron chi connectivity index (χ4n) is 5.67. The Balaban J connectivity index is 0.000000909. The lowest BCUT2D eigenvalue weighted by molar-refractivity contribution is -0.122. The molecule has 276 valence electrons. The van der Waals surface area contributed by atoms with E-state index < -0.39 is 11.1 Å². The van der Waals surface area contributed by atoms with Crippen molar-refractivity contribution in [2.24, 2.45) is 5.73 Å². The van der Waals surface area contributed by atoms with Crippen molar-refractivity contribution >= 4 is 5.91 Å². The van der Waals surface area contributed by atoms with Gasteiger partial charge in [0.2, 0.25) is 5.91 Å². The molecule has 2 aromatic rings. The van der Waals surface area contributed by atoms with Crippen LogP contribution in [0.5, 0.6) is 0 Å². The summed E-state index contributed by atoms with van der Waals surface area (Å²) in [5.74, 6) is -0.239. The molecule has 7 heteroatoms. The highest BCUT2D eigenvalue weighted by atomic mass is 16.3. The Kier molecular flexibility index (Phi) is 26.2. The van der Waals surface area contributed by atoms with Gasteiger partial charge in [0.1, 0.15) is 0 Å². The van der Waals surface area contributed by atoms with E-state index in [0.29, 0.717) is 19.3 Å². The molecule has 0 saturated carbocycles. The standard InChI is InChI=1S/C21H35NO3.C19H33NO2.CH4/c1-3-4-5-6-7-8-9-19-10-12-20(13-11-19)14-15-21(16-23,17-24)22-18(2)25;1-2-3-4-5-6-7-8-17-9-11-18(12-10-17)13-14-19(20,15-21)16-22;/h10-13,23-24H,3-9,14-17H2,1-2H3,(H,22,25);9-12,21-22H,2-8,13-16,20H2,1H3;1H4. The highest BCUT2D eigenvalue weighted by Gasteiger charge is 2.29. The second-order valence-corrected chi connectivity index (χ2v) is 13.6. The van der Waals surface area contributed by atoms with E-state index in [2.05, 4.69) is 67.7 Å². The maximum atomic E-state index is 11.3. The van der Waals surface area contributed by atoms with Crippen molar-refractivity contribution in [3.05, 3.63) is 70.8 Å². The molecule has 0 unspecified atom stereocenters. The molecule has 0 radical (unpaired) electrons. The minimum atomic E-state index is -0.941. The summed E-state index contributed by atoms with van der Waals surface area (Å²) in [6, 6.07) is 17.2. The van der Waals surface area contributed by atoms with Crippen LogP contribution in [-0.4, -0.2) is 63.8 Å². The zero-order valence-corrected chi connectivity index (χ0v) is 29.9. The minimum absolute atomic E-state index is 0. The Morgan fingerprint density at radius 1 is 0.562 bits per heavy atom. The van der Waals surface area contributed by atoms with Gasteiger partial charge in [0.25, 0.3) is 0 Å². The van der Waals surface area contributed by atoms with Gasteiger partial charge in [0, 0.05) is 6.92 Å². The quantitative estimate of drug-likeness (QED) is 0.0617. The molecule has 1 amide bonds. The lowest BCUT2D eigenvalue weighted by Crippen LogP contribution is -2.53. The van der Waals surface area contributed by atoms with Crippen LogP contribution >= 0.6 is 0 Å². The normalized spacial score (nSPS) is 11.4. The molecule has 0 aromatic heterocycles. The number of nitrogens with one attached hydrogen (secondary N) is 1. The van der Waals surface area contributed by atoms with Crippen LogP contribution < -0.4 is 11.1 Å². The van der Waals surface area contributed by atoms with Crippen LogP contribution in [0, 0.1) is 0 Å². The Hall–Kier alpha value is -2.29. The summed E-state index contributed by atoms with van der Waals surface area (Å²) in [6.07, 6.45) is 20.7. The van der Waals surface area contributed by atoms with Crippen molar-refractivity contribution < 1.29 is 25.2 Å². The largest absolute Gasteiger partial charge is 0.394 e. The van der Waals surface area contributed by atoms with E-state index in [1.165, 1.54) is 101 Å². The Labute approximate surface area is 293 Å². The second-order valence-electron chi connectivity index (χ2n) is 13.6. The third-order valence-corrected chi connectivity index (χ3v) is 9.16. The lowest BCUT2D eigenvalue weighted by Gasteiger charge is -2.30. The first-order valence-corrected chi connectivity index (χ1v) is 18.4. The molecule has 2 rings (SSSR count). The zero-order chi connectivity index (χ0) is 34.8. The maximum Gasteiger partial charge on any atom is 0.217 e. The van der Waals surface area contributed by atoms with Gasteiger partial charge in [0.05, 0.1) is 37.5 Å². The molecule has 7 nitrogen and oxygen atoms in total. The van der Waals surface area contributed by atoms with Gasteiger partial charge in [-0.2, -0.15) is 0 Å². The van der Waals surface area contributed by atoms with E-state index in [-0.39, 0.29) is 39.8 Å². The number of aryl methyl sites for hydroxylation is 4. The predicted octanol–water partition coefficient (Wildman–Crippen LogP) is 7.22. The van der Waals surface area contributed by atoms with Crippen LogP contribution in [0.3, 0.4) is 0 Å². The average Bonchev–Trinajstić information content (AvgIpc) is 3.10. The smallest absolute Gasteiger partial charge is 0.217 e. The number of benzene rings is 2. The van der Waals surface area contributed by atoms with E-state index in [9.17, 15) is 25.2 Å². The SMILES string of the molecule is C.CCCCCCCCc1ccc(CCC(CO)(CO)NC(C)=O)cc1.CCCCCCCCc1ccc(CCC(N)(CO)CO)cc1. The molecule has 0 aliphatic heterocycles. The Morgan fingerprint density at radius 2 is 0.896 bits per heavy atom. The average molecular weight is 673 g/mol. The second kappa shape index (κ2) is 27.5. The van der Waals surface area contributed by atoms with Gasteiger partial charge >= 0.3 is 0 Å². The number of nitrogens with two attached hydrogens (primary N) is 1. The monoisotopic (exact) mass is 673 g/mol. The van der Waals surface area contributed by atoms with Crippen LogP contribution in [0.15, 0.2) is 48.5 Å². The van der Waals surface area contributed by atoms with Gasteiger partial charge in [-0.05, 0) is 73.6 Å². The lowest BCUT2D eigenvalue weighted by atomic mass is 9.92. The van der Waals surface area contributed by atoms with Gasteiger partial charge in [-0.15, -0.1) is 0 Å². The number of carbonyl (C=O) groups is 1. The first-order chi connectivity index (χ1) is 22.7. The van der Waals surface area contributed by atoms with E-state index >= 15 is 0 Å². The number of carbonyl (C=O) groups excluding carboxylic acids is 1. The summed E-state index contributed by atoms with van der Waals surface area (Å²) in [4.78, 5) is 11.3. The summed E-state index contributed by atoms with van der Waals surface area (Å²) in [5, 5.41) is 40.2. The zero-order valence-electron chi connectivity index (χ0n) is 29.9. The topological polar surface area (TPSA) is 136 Å². The van der Waals surface area contributed by atoms with Crippen molar-refractivity contribution in [1.29, 1.82) is 0 Å². The van der Waals surface area contributed by atoms with Gasteiger partial charge < -0.3 is 31.5 Å². The molecule has 0 aliphatic carbocycles. The van der Waals surface area contributed by atoms with Gasteiger partial charge in [-0.3, -0.25) is 4.79 Å². The van der Waals surface area contributed by atoms with E-state index in [1.54, 1.807) is 0 Å². The van der Waals surface area contributed by atoms with Crippen LogP contribution in [-0.2, 0) is 30.5 Å². The van der Waals surface area contributed by atoms with Crippen molar-refractivity contribution in [2.45, 2.75) is 155 Å². The summed E-state index contributed by atoms with van der Waals surface area (Å²) in [7, 11) is 0. The summed E-state index contributed by atoms with van der Waals surface area (Å²) in [6.45, 7) is 5.00. The fourth-order valence-corrected chi connectivity index (χ4v) is 5.67. The molecule has 0 heterocycles. The van der Waals surface area contributed by atoms with Crippen LogP contribution in [0.4, 0.5) is 0 Å². The summed E-state index contributed by atoms with van der Waals surface area (Å²) >= 11 is 0. The third kappa shape index (κ3) is 20.3. The Morgan fingerprint density at radius 3 is 1.23 bits per heavy atom. The van der Waals surface area contributed by atoms with E-state index in [1.807, 2.05) is 0 Å². The number of hydrogen-bond donors (Lipinski definition) is 6. The van der Waals surface area contributed by atoms with E-state index in [0.717, 1.165) is 24.8 Å². The van der Waals surface area contributed by atoms with Crippen LogP contribution in [0.1, 0.15) is 140 Å². The molecular formula is C41H72N2O5. The van der Waals surface area contributed by atoms with Crippen molar-refractivity contribution in [1.82, 2.24) is 5.32 Å². The number of unbranched alkanes of at least 4 members (excludes halogenated alkanes) is 10.